The predicted octanol–water partition coefficient (Wildman–Crippen LogP) is 3.51. The summed E-state index contributed by atoms with van der Waals surface area (Å²) in [7, 11) is 1.60. The van der Waals surface area contributed by atoms with Crippen LogP contribution >= 0.6 is 0 Å². The number of methoxy groups -OCH3 is 1. The van der Waals surface area contributed by atoms with Gasteiger partial charge in [-0.15, -0.1) is 0 Å². The number of pyridine rings is 1. The number of benzene rings is 2. The Morgan fingerprint density at radius 1 is 1.05 bits per heavy atom. The fraction of sp³-hybridized carbons (Fsp3) is 0.118. The van der Waals surface area contributed by atoms with Gasteiger partial charge in [0.05, 0.1) is 12.6 Å². The molecule has 0 spiro atoms. The molecule has 0 aliphatic carbocycles. The number of ether oxygens (including phenoxy) is 1. The second kappa shape index (κ2) is 4.85. The molecule has 0 saturated carbocycles. The first-order chi connectivity index (χ1) is 9.69. The Hall–Kier alpha value is -2.55. The van der Waals surface area contributed by atoms with Gasteiger partial charge in [-0.25, -0.2) is 0 Å². The predicted molar refractivity (Wildman–Crippen MR) is 81.3 cm³/mol. The van der Waals surface area contributed by atoms with E-state index >= 15 is 0 Å². The van der Waals surface area contributed by atoms with Crippen LogP contribution in [0.25, 0.3) is 22.0 Å². The van der Waals surface area contributed by atoms with Crippen LogP contribution in [-0.2, 0) is 0 Å². The van der Waals surface area contributed by atoms with Gasteiger partial charge in [-0.2, -0.15) is 0 Å². The highest BCUT2D eigenvalue weighted by atomic mass is 16.5. The minimum atomic E-state index is -0.106. The molecule has 0 aliphatic rings. The summed E-state index contributed by atoms with van der Waals surface area (Å²) in [6, 6.07) is 15.6. The van der Waals surface area contributed by atoms with Crippen LogP contribution < -0.4 is 10.3 Å². The first-order valence-electron chi connectivity index (χ1n) is 6.46. The number of nitrogens with one attached hydrogen (secondary N) is 1. The molecule has 0 bridgehead atoms. The molecular weight excluding hydrogens is 250 g/mol. The molecule has 0 radical (unpaired) electrons. The van der Waals surface area contributed by atoms with E-state index in [9.17, 15) is 4.79 Å². The Morgan fingerprint density at radius 2 is 1.80 bits per heavy atom. The summed E-state index contributed by atoms with van der Waals surface area (Å²) < 4.78 is 5.27. The van der Waals surface area contributed by atoms with Crippen LogP contribution in [0, 0.1) is 6.92 Å². The standard InChI is InChI=1S/C17H15NO2/c1-11-6-8-12(9-7-11)14-10-13-4-3-5-15(20-2)16(13)18-17(14)19/h3-10H,1-2H3,(H,18,19). The van der Waals surface area contributed by atoms with E-state index in [1.54, 1.807) is 7.11 Å². The molecule has 0 fully saturated rings. The molecule has 0 aliphatic heterocycles. The highest BCUT2D eigenvalue weighted by Gasteiger charge is 2.08. The van der Waals surface area contributed by atoms with E-state index in [0.717, 1.165) is 16.5 Å². The molecule has 0 saturated heterocycles. The highest BCUT2D eigenvalue weighted by molar-refractivity contribution is 5.87. The summed E-state index contributed by atoms with van der Waals surface area (Å²) in [5.41, 5.74) is 3.39. The third-order valence-electron chi connectivity index (χ3n) is 3.42. The van der Waals surface area contributed by atoms with E-state index < -0.39 is 0 Å². The van der Waals surface area contributed by atoms with Gasteiger partial charge in [-0.05, 0) is 24.6 Å². The SMILES string of the molecule is COc1cccc2cc(-c3ccc(C)cc3)c(=O)[nH]c12. The maximum Gasteiger partial charge on any atom is 0.256 e. The molecule has 0 atom stereocenters. The van der Waals surface area contributed by atoms with Crippen LogP contribution in [0.5, 0.6) is 5.75 Å². The molecule has 0 unspecified atom stereocenters. The lowest BCUT2D eigenvalue weighted by Crippen LogP contribution is -2.09. The monoisotopic (exact) mass is 265 g/mol. The maximum absolute atomic E-state index is 12.3. The van der Waals surface area contributed by atoms with Gasteiger partial charge in [0, 0.05) is 10.9 Å². The zero-order valence-corrected chi connectivity index (χ0v) is 11.4. The van der Waals surface area contributed by atoms with Crippen molar-refractivity contribution < 1.29 is 4.74 Å². The lowest BCUT2D eigenvalue weighted by molar-refractivity contribution is 0.419. The summed E-state index contributed by atoms with van der Waals surface area (Å²) in [5, 5.41) is 0.958. The quantitative estimate of drug-likeness (QED) is 0.770. The van der Waals surface area contributed by atoms with Crippen LogP contribution in [0.15, 0.2) is 53.3 Å². The Morgan fingerprint density at radius 3 is 2.50 bits per heavy atom. The minimum Gasteiger partial charge on any atom is -0.495 e. The van der Waals surface area contributed by atoms with Crippen molar-refractivity contribution in [3.8, 4) is 16.9 Å². The summed E-state index contributed by atoms with van der Waals surface area (Å²) >= 11 is 0. The fourth-order valence-corrected chi connectivity index (χ4v) is 2.32. The van der Waals surface area contributed by atoms with E-state index in [0.29, 0.717) is 11.3 Å². The summed E-state index contributed by atoms with van der Waals surface area (Å²) in [5.74, 6) is 0.676. The average molecular weight is 265 g/mol. The lowest BCUT2D eigenvalue weighted by atomic mass is 10.0. The third-order valence-corrected chi connectivity index (χ3v) is 3.42. The summed E-state index contributed by atoms with van der Waals surface area (Å²) in [6.07, 6.45) is 0. The molecule has 1 heterocycles. The van der Waals surface area contributed by atoms with Crippen LogP contribution in [0.1, 0.15) is 5.56 Å². The molecular formula is C17H15NO2. The highest BCUT2D eigenvalue weighted by Crippen LogP contribution is 2.25. The smallest absolute Gasteiger partial charge is 0.256 e. The number of aromatic nitrogens is 1. The van der Waals surface area contributed by atoms with Gasteiger partial charge >= 0.3 is 0 Å². The molecule has 1 aromatic heterocycles. The molecule has 2 aromatic carbocycles. The van der Waals surface area contributed by atoms with Gasteiger partial charge in [0.2, 0.25) is 0 Å². The van der Waals surface area contributed by atoms with Crippen molar-refractivity contribution in [2.45, 2.75) is 6.92 Å². The molecule has 3 heteroatoms. The second-order valence-electron chi connectivity index (χ2n) is 4.80. The van der Waals surface area contributed by atoms with Crippen molar-refractivity contribution in [2.75, 3.05) is 7.11 Å². The molecule has 3 rings (SSSR count). The number of para-hydroxylation sites is 1. The summed E-state index contributed by atoms with van der Waals surface area (Å²) in [4.78, 5) is 15.2. The lowest BCUT2D eigenvalue weighted by Gasteiger charge is -2.07. The van der Waals surface area contributed by atoms with Gasteiger partial charge in [0.1, 0.15) is 5.75 Å². The van der Waals surface area contributed by atoms with Gasteiger partial charge in [-0.1, -0.05) is 42.0 Å². The number of fused-ring (bicyclic) bond motifs is 1. The molecule has 100 valence electrons. The van der Waals surface area contributed by atoms with Crippen molar-refractivity contribution >= 4 is 10.9 Å². The number of rotatable bonds is 2. The number of hydrogen-bond donors (Lipinski definition) is 1. The third kappa shape index (κ3) is 2.07. The van der Waals surface area contributed by atoms with Crippen molar-refractivity contribution in [2.24, 2.45) is 0 Å². The Bertz CT molecular complexity index is 817. The van der Waals surface area contributed by atoms with Crippen molar-refractivity contribution in [1.82, 2.24) is 4.98 Å². The van der Waals surface area contributed by atoms with Crippen LogP contribution in [-0.4, -0.2) is 12.1 Å². The number of H-pyrrole nitrogens is 1. The van der Waals surface area contributed by atoms with Gasteiger partial charge in [-0.3, -0.25) is 4.79 Å². The van der Waals surface area contributed by atoms with Crippen LogP contribution in [0.2, 0.25) is 0 Å². The Kier molecular flexibility index (Phi) is 3.03. The first-order valence-corrected chi connectivity index (χ1v) is 6.46. The number of aromatic amines is 1. The molecule has 3 nitrogen and oxygen atoms in total. The van der Waals surface area contributed by atoms with E-state index in [2.05, 4.69) is 4.98 Å². The Labute approximate surface area is 116 Å². The minimum absolute atomic E-state index is 0.106. The molecule has 1 N–H and O–H groups in total. The number of hydrogen-bond acceptors (Lipinski definition) is 2. The van der Waals surface area contributed by atoms with Crippen molar-refractivity contribution in [1.29, 1.82) is 0 Å². The zero-order valence-electron chi connectivity index (χ0n) is 11.4. The van der Waals surface area contributed by atoms with E-state index in [1.807, 2.05) is 55.5 Å². The van der Waals surface area contributed by atoms with Gasteiger partial charge in [0.25, 0.3) is 5.56 Å². The van der Waals surface area contributed by atoms with Crippen molar-refractivity contribution in [3.63, 3.8) is 0 Å². The van der Waals surface area contributed by atoms with Crippen LogP contribution in [0.4, 0.5) is 0 Å². The van der Waals surface area contributed by atoms with Crippen LogP contribution in [0.3, 0.4) is 0 Å². The normalized spacial score (nSPS) is 10.7. The Balaban J connectivity index is 2.25. The average Bonchev–Trinajstić information content (AvgIpc) is 2.47. The molecule has 3 aromatic rings. The molecule has 20 heavy (non-hydrogen) atoms. The maximum atomic E-state index is 12.3. The largest absolute Gasteiger partial charge is 0.495 e. The number of aryl methyl sites for hydroxylation is 1. The second-order valence-corrected chi connectivity index (χ2v) is 4.80. The van der Waals surface area contributed by atoms with E-state index in [1.165, 1.54) is 5.56 Å². The zero-order chi connectivity index (χ0) is 14.1. The van der Waals surface area contributed by atoms with Gasteiger partial charge < -0.3 is 9.72 Å². The van der Waals surface area contributed by atoms with Crippen molar-refractivity contribution in [3.05, 3.63) is 64.4 Å². The topological polar surface area (TPSA) is 42.1 Å². The molecule has 0 amide bonds. The fourth-order valence-electron chi connectivity index (χ4n) is 2.32. The summed E-state index contributed by atoms with van der Waals surface area (Å²) in [6.45, 7) is 2.03. The van der Waals surface area contributed by atoms with E-state index in [-0.39, 0.29) is 5.56 Å². The first kappa shape index (κ1) is 12.5. The van der Waals surface area contributed by atoms with E-state index in [4.69, 9.17) is 4.74 Å². The van der Waals surface area contributed by atoms with Gasteiger partial charge in [0.15, 0.2) is 0 Å².